The van der Waals surface area contributed by atoms with Gasteiger partial charge in [-0.1, -0.05) is 13.0 Å². The van der Waals surface area contributed by atoms with Crippen LogP contribution >= 0.6 is 0 Å². The number of rotatable bonds is 7. The number of hydrogen-bond acceptors (Lipinski definition) is 2. The topological polar surface area (TPSA) is 32.3 Å². The first-order valence-corrected chi connectivity index (χ1v) is 6.95. The summed E-state index contributed by atoms with van der Waals surface area (Å²) in [5.74, 6) is 0.370. The molecule has 0 radical (unpaired) electrons. The van der Waals surface area contributed by atoms with Crippen molar-refractivity contribution in [3.63, 3.8) is 0 Å². The number of nitrogens with zero attached hydrogens (tertiary/aromatic N) is 1. The van der Waals surface area contributed by atoms with Gasteiger partial charge in [0.15, 0.2) is 0 Å². The Kier molecular flexibility index (Phi) is 4.91. The Bertz CT molecular complexity index is 432. The molecule has 4 heteroatoms. The highest BCUT2D eigenvalue weighted by Gasteiger charge is 2.24. The molecule has 19 heavy (non-hydrogen) atoms. The molecule has 1 amide bonds. The van der Waals surface area contributed by atoms with Gasteiger partial charge in [0.2, 0.25) is 5.91 Å². The summed E-state index contributed by atoms with van der Waals surface area (Å²) in [6.07, 6.45) is 3.61. The molecule has 2 rings (SSSR count). The van der Waals surface area contributed by atoms with E-state index in [1.165, 1.54) is 25.0 Å². The number of amides is 1. The number of carbonyl (C=O) groups excluding carboxylic acids is 1. The van der Waals surface area contributed by atoms with Crippen molar-refractivity contribution < 1.29 is 9.18 Å². The highest BCUT2D eigenvalue weighted by molar-refractivity contribution is 5.92. The molecule has 1 fully saturated rings. The first-order chi connectivity index (χ1) is 9.17. The fourth-order valence-electron chi connectivity index (χ4n) is 2.19. The molecule has 0 atom stereocenters. The van der Waals surface area contributed by atoms with E-state index < -0.39 is 0 Å². The third kappa shape index (κ3) is 4.99. The smallest absolute Gasteiger partial charge is 0.238 e. The predicted molar refractivity (Wildman–Crippen MR) is 74.5 cm³/mol. The van der Waals surface area contributed by atoms with Gasteiger partial charge in [0.25, 0.3) is 0 Å². The number of anilines is 1. The summed E-state index contributed by atoms with van der Waals surface area (Å²) in [6.45, 7) is 4.45. The minimum Gasteiger partial charge on any atom is -0.325 e. The molecule has 1 aromatic rings. The van der Waals surface area contributed by atoms with Gasteiger partial charge in [-0.2, -0.15) is 0 Å². The molecule has 1 aliphatic rings. The zero-order valence-electron chi connectivity index (χ0n) is 11.4. The van der Waals surface area contributed by atoms with Crippen molar-refractivity contribution in [3.05, 3.63) is 30.1 Å². The third-order valence-corrected chi connectivity index (χ3v) is 3.23. The first-order valence-electron chi connectivity index (χ1n) is 6.95. The minimum absolute atomic E-state index is 0.0697. The lowest BCUT2D eigenvalue weighted by molar-refractivity contribution is -0.117. The van der Waals surface area contributed by atoms with Crippen LogP contribution in [0.25, 0.3) is 0 Å². The quantitative estimate of drug-likeness (QED) is 0.821. The second-order valence-corrected chi connectivity index (χ2v) is 5.24. The molecule has 3 nitrogen and oxygen atoms in total. The monoisotopic (exact) mass is 264 g/mol. The average molecular weight is 264 g/mol. The van der Waals surface area contributed by atoms with E-state index in [4.69, 9.17) is 0 Å². The Morgan fingerprint density at radius 1 is 1.47 bits per heavy atom. The Morgan fingerprint density at radius 2 is 2.26 bits per heavy atom. The Labute approximate surface area is 113 Å². The standard InChI is InChI=1S/C15H21FN2O/c1-2-8-18(10-12-6-7-12)11-15(19)17-14-5-3-4-13(16)9-14/h3-5,9,12H,2,6-8,10-11H2,1H3,(H,17,19). The van der Waals surface area contributed by atoms with E-state index in [9.17, 15) is 9.18 Å². The summed E-state index contributed by atoms with van der Waals surface area (Å²) in [5.41, 5.74) is 0.521. The number of benzene rings is 1. The van der Waals surface area contributed by atoms with Crippen molar-refractivity contribution >= 4 is 11.6 Å². The summed E-state index contributed by atoms with van der Waals surface area (Å²) in [7, 11) is 0. The van der Waals surface area contributed by atoms with Gasteiger partial charge in [0.05, 0.1) is 6.54 Å². The SMILES string of the molecule is CCCN(CC(=O)Nc1cccc(F)c1)CC1CC1. The van der Waals surface area contributed by atoms with Crippen molar-refractivity contribution in [3.8, 4) is 0 Å². The molecule has 0 saturated heterocycles. The van der Waals surface area contributed by atoms with Gasteiger partial charge < -0.3 is 5.32 Å². The van der Waals surface area contributed by atoms with E-state index in [0.29, 0.717) is 12.2 Å². The molecule has 0 bridgehead atoms. The van der Waals surface area contributed by atoms with E-state index in [2.05, 4.69) is 17.1 Å². The number of halogens is 1. The van der Waals surface area contributed by atoms with E-state index in [0.717, 1.165) is 25.4 Å². The van der Waals surface area contributed by atoms with Gasteiger partial charge in [-0.05, 0) is 49.9 Å². The van der Waals surface area contributed by atoms with Gasteiger partial charge in [-0.25, -0.2) is 4.39 Å². The predicted octanol–water partition coefficient (Wildman–Crippen LogP) is 2.89. The normalized spacial score (nSPS) is 14.7. The Hall–Kier alpha value is -1.42. The van der Waals surface area contributed by atoms with E-state index in [1.807, 2.05) is 0 Å². The number of carbonyl (C=O) groups is 1. The third-order valence-electron chi connectivity index (χ3n) is 3.23. The maximum Gasteiger partial charge on any atom is 0.238 e. The van der Waals surface area contributed by atoms with Crippen molar-refractivity contribution in [2.75, 3.05) is 25.0 Å². The van der Waals surface area contributed by atoms with E-state index in [1.54, 1.807) is 12.1 Å². The van der Waals surface area contributed by atoms with Crippen LogP contribution in [0.15, 0.2) is 24.3 Å². The van der Waals surface area contributed by atoms with E-state index >= 15 is 0 Å². The lowest BCUT2D eigenvalue weighted by atomic mass is 10.3. The second-order valence-electron chi connectivity index (χ2n) is 5.24. The fraction of sp³-hybridized carbons (Fsp3) is 0.533. The second kappa shape index (κ2) is 6.66. The molecular weight excluding hydrogens is 243 g/mol. The van der Waals surface area contributed by atoms with Crippen LogP contribution in [0.2, 0.25) is 0 Å². The average Bonchev–Trinajstić information content (AvgIpc) is 3.13. The van der Waals surface area contributed by atoms with Crippen LogP contribution in [0.1, 0.15) is 26.2 Å². The van der Waals surface area contributed by atoms with Gasteiger partial charge in [0.1, 0.15) is 5.82 Å². The summed E-state index contributed by atoms with van der Waals surface area (Å²) < 4.78 is 13.0. The molecule has 1 aromatic carbocycles. The maximum absolute atomic E-state index is 13.0. The minimum atomic E-state index is -0.332. The van der Waals surface area contributed by atoms with Crippen LogP contribution in [0.5, 0.6) is 0 Å². The fourth-order valence-corrected chi connectivity index (χ4v) is 2.19. The summed E-state index contributed by atoms with van der Waals surface area (Å²) in [5, 5.41) is 2.74. The van der Waals surface area contributed by atoms with Crippen molar-refractivity contribution in [2.24, 2.45) is 5.92 Å². The molecule has 0 unspecified atom stereocenters. The van der Waals surface area contributed by atoms with Crippen LogP contribution in [-0.4, -0.2) is 30.4 Å². The van der Waals surface area contributed by atoms with Gasteiger partial charge in [-0.3, -0.25) is 9.69 Å². The van der Waals surface area contributed by atoms with Crippen LogP contribution in [0, 0.1) is 11.7 Å². The zero-order valence-corrected chi connectivity index (χ0v) is 11.4. The van der Waals surface area contributed by atoms with Crippen LogP contribution in [0.4, 0.5) is 10.1 Å². The molecule has 1 aliphatic carbocycles. The number of nitrogens with one attached hydrogen (secondary N) is 1. The molecule has 1 saturated carbocycles. The summed E-state index contributed by atoms with van der Waals surface area (Å²) in [6, 6.07) is 6.00. The van der Waals surface area contributed by atoms with Crippen LogP contribution in [0.3, 0.4) is 0 Å². The van der Waals surface area contributed by atoms with Gasteiger partial charge >= 0.3 is 0 Å². The van der Waals surface area contributed by atoms with Crippen molar-refractivity contribution in [1.29, 1.82) is 0 Å². The molecule has 104 valence electrons. The highest BCUT2D eigenvalue weighted by Crippen LogP contribution is 2.29. The molecule has 0 aliphatic heterocycles. The molecule has 0 aromatic heterocycles. The number of hydrogen-bond donors (Lipinski definition) is 1. The molecule has 1 N–H and O–H groups in total. The lowest BCUT2D eigenvalue weighted by Gasteiger charge is -2.20. The highest BCUT2D eigenvalue weighted by atomic mass is 19.1. The molecular formula is C15H21FN2O. The molecule has 0 heterocycles. The van der Waals surface area contributed by atoms with Gasteiger partial charge in [-0.15, -0.1) is 0 Å². The van der Waals surface area contributed by atoms with E-state index in [-0.39, 0.29) is 11.7 Å². The van der Waals surface area contributed by atoms with Crippen LogP contribution in [-0.2, 0) is 4.79 Å². The Balaban J connectivity index is 1.84. The zero-order chi connectivity index (χ0) is 13.7. The summed E-state index contributed by atoms with van der Waals surface area (Å²) in [4.78, 5) is 14.1. The largest absolute Gasteiger partial charge is 0.325 e. The van der Waals surface area contributed by atoms with Gasteiger partial charge in [0, 0.05) is 12.2 Å². The molecule has 0 spiro atoms. The summed E-state index contributed by atoms with van der Waals surface area (Å²) >= 11 is 0. The van der Waals surface area contributed by atoms with Crippen molar-refractivity contribution in [2.45, 2.75) is 26.2 Å². The first kappa shape index (κ1) is 14.0. The van der Waals surface area contributed by atoms with Crippen LogP contribution < -0.4 is 5.32 Å². The maximum atomic E-state index is 13.0. The van der Waals surface area contributed by atoms with Crippen molar-refractivity contribution in [1.82, 2.24) is 4.90 Å². The lowest BCUT2D eigenvalue weighted by Crippen LogP contribution is -2.35. The Morgan fingerprint density at radius 3 is 2.89 bits per heavy atom.